The van der Waals surface area contributed by atoms with Gasteiger partial charge < -0.3 is 0 Å². The second-order valence-electron chi connectivity index (χ2n) is 3.49. The predicted octanol–water partition coefficient (Wildman–Crippen LogP) is 4.57. The van der Waals surface area contributed by atoms with Crippen molar-refractivity contribution >= 4 is 43.2 Å². The highest BCUT2D eigenvalue weighted by Gasteiger charge is 2.19. The summed E-state index contributed by atoms with van der Waals surface area (Å²) >= 11 is 8.76. The number of hydrogen-bond donors (Lipinski definition) is 0. The van der Waals surface area contributed by atoms with Gasteiger partial charge in [-0.2, -0.15) is 0 Å². The van der Waals surface area contributed by atoms with E-state index in [0.717, 1.165) is 0 Å². The Hall–Kier alpha value is 0.660. The standard InChI is InChI=1S/C8H10Br2S/c1-8(2,3)5-4-11-7(10)6(5)9/h4H,1-3H3. The maximum atomic E-state index is 3.55. The number of hydrogen-bond acceptors (Lipinski definition) is 1. The third-order valence-corrected chi connectivity index (χ3v) is 4.84. The summed E-state index contributed by atoms with van der Waals surface area (Å²) in [5, 5.41) is 2.19. The first-order chi connectivity index (χ1) is 4.93. The smallest absolute Gasteiger partial charge is 0.0843 e. The van der Waals surface area contributed by atoms with Gasteiger partial charge in [-0.1, -0.05) is 20.8 Å². The molecule has 1 heterocycles. The maximum absolute atomic E-state index is 3.55. The normalized spacial score (nSPS) is 12.1. The lowest BCUT2D eigenvalue weighted by Crippen LogP contribution is -2.09. The zero-order valence-electron chi connectivity index (χ0n) is 6.74. The Morgan fingerprint density at radius 3 is 2.00 bits per heavy atom. The SMILES string of the molecule is CC(C)(C)c1csc(Br)c1Br. The van der Waals surface area contributed by atoms with Crippen LogP contribution in [-0.4, -0.2) is 0 Å². The molecule has 0 N–H and O–H groups in total. The third-order valence-electron chi connectivity index (χ3n) is 1.50. The van der Waals surface area contributed by atoms with Crippen molar-refractivity contribution in [1.29, 1.82) is 0 Å². The molecule has 0 atom stereocenters. The molecule has 0 bridgehead atoms. The van der Waals surface area contributed by atoms with Crippen LogP contribution in [0, 0.1) is 0 Å². The molecule has 1 aromatic rings. The topological polar surface area (TPSA) is 0 Å². The molecule has 0 aliphatic rings. The molecule has 62 valence electrons. The van der Waals surface area contributed by atoms with Crippen molar-refractivity contribution in [2.75, 3.05) is 0 Å². The van der Waals surface area contributed by atoms with E-state index in [2.05, 4.69) is 58.0 Å². The van der Waals surface area contributed by atoms with Crippen molar-refractivity contribution in [1.82, 2.24) is 0 Å². The Morgan fingerprint density at radius 2 is 1.82 bits per heavy atom. The van der Waals surface area contributed by atoms with Crippen LogP contribution in [-0.2, 0) is 5.41 Å². The van der Waals surface area contributed by atoms with E-state index in [0.29, 0.717) is 0 Å². The van der Waals surface area contributed by atoms with Gasteiger partial charge >= 0.3 is 0 Å². The molecule has 0 aliphatic carbocycles. The number of thiophene rings is 1. The second-order valence-corrected chi connectivity index (χ2v) is 6.48. The minimum absolute atomic E-state index is 0.237. The highest BCUT2D eigenvalue weighted by atomic mass is 79.9. The van der Waals surface area contributed by atoms with E-state index in [9.17, 15) is 0 Å². The maximum Gasteiger partial charge on any atom is 0.0843 e. The molecule has 1 rings (SSSR count). The Bertz CT molecular complexity index is 258. The predicted molar refractivity (Wildman–Crippen MR) is 58.4 cm³/mol. The average molecular weight is 298 g/mol. The molecule has 11 heavy (non-hydrogen) atoms. The fourth-order valence-corrected chi connectivity index (χ4v) is 3.37. The van der Waals surface area contributed by atoms with Crippen LogP contribution in [0.3, 0.4) is 0 Å². The monoisotopic (exact) mass is 296 g/mol. The van der Waals surface area contributed by atoms with Crippen LogP contribution in [0.25, 0.3) is 0 Å². The molecule has 0 radical (unpaired) electrons. The summed E-state index contributed by atoms with van der Waals surface area (Å²) < 4.78 is 2.39. The van der Waals surface area contributed by atoms with E-state index in [-0.39, 0.29) is 5.41 Å². The van der Waals surface area contributed by atoms with Gasteiger partial charge in [0.2, 0.25) is 0 Å². The highest BCUT2D eigenvalue weighted by molar-refractivity contribution is 9.13. The van der Waals surface area contributed by atoms with Crippen molar-refractivity contribution in [3.8, 4) is 0 Å². The molecule has 1 aromatic heterocycles. The largest absolute Gasteiger partial charge is 0.135 e. The van der Waals surface area contributed by atoms with Crippen molar-refractivity contribution < 1.29 is 0 Å². The minimum atomic E-state index is 0.237. The van der Waals surface area contributed by atoms with E-state index >= 15 is 0 Å². The first-order valence-electron chi connectivity index (χ1n) is 3.36. The van der Waals surface area contributed by atoms with E-state index < -0.39 is 0 Å². The first kappa shape index (κ1) is 9.75. The molecule has 0 spiro atoms. The molecule has 3 heteroatoms. The fourth-order valence-electron chi connectivity index (χ4n) is 0.826. The molecule has 0 amide bonds. The lowest BCUT2D eigenvalue weighted by atomic mass is 9.90. The summed E-state index contributed by atoms with van der Waals surface area (Å²) in [6.45, 7) is 6.64. The van der Waals surface area contributed by atoms with Gasteiger partial charge in [0, 0.05) is 4.47 Å². The van der Waals surface area contributed by atoms with Gasteiger partial charge in [-0.05, 0) is 48.2 Å². The number of halogens is 2. The van der Waals surface area contributed by atoms with Gasteiger partial charge in [-0.15, -0.1) is 11.3 Å². The summed E-state index contributed by atoms with van der Waals surface area (Å²) in [5.74, 6) is 0. The molecule has 0 unspecified atom stereocenters. The Morgan fingerprint density at radius 1 is 1.27 bits per heavy atom. The van der Waals surface area contributed by atoms with E-state index in [1.54, 1.807) is 11.3 Å². The van der Waals surface area contributed by atoms with Crippen molar-refractivity contribution in [3.05, 3.63) is 19.2 Å². The molecule has 0 fully saturated rings. The zero-order valence-corrected chi connectivity index (χ0v) is 10.7. The van der Waals surface area contributed by atoms with Crippen LogP contribution in [0.5, 0.6) is 0 Å². The average Bonchev–Trinajstić information content (AvgIpc) is 2.11. The quantitative estimate of drug-likeness (QED) is 0.658. The molecule has 0 nitrogen and oxygen atoms in total. The van der Waals surface area contributed by atoms with Gasteiger partial charge in [0.1, 0.15) is 0 Å². The zero-order chi connectivity index (χ0) is 8.65. The molecule has 0 saturated heterocycles. The van der Waals surface area contributed by atoms with Gasteiger partial charge in [0.05, 0.1) is 3.79 Å². The third kappa shape index (κ3) is 2.07. The Kier molecular flexibility index (Phi) is 2.83. The van der Waals surface area contributed by atoms with Crippen LogP contribution in [0.1, 0.15) is 26.3 Å². The van der Waals surface area contributed by atoms with E-state index in [1.807, 2.05) is 0 Å². The molecular weight excluding hydrogens is 288 g/mol. The van der Waals surface area contributed by atoms with E-state index in [1.165, 1.54) is 13.8 Å². The van der Waals surface area contributed by atoms with Gasteiger partial charge in [0.25, 0.3) is 0 Å². The molecule has 0 aliphatic heterocycles. The lowest BCUT2D eigenvalue weighted by molar-refractivity contribution is 0.589. The summed E-state index contributed by atoms with van der Waals surface area (Å²) in [6.07, 6.45) is 0. The lowest BCUT2D eigenvalue weighted by Gasteiger charge is -2.17. The van der Waals surface area contributed by atoms with Crippen LogP contribution >= 0.6 is 43.2 Å². The Balaban J connectivity index is 3.15. The van der Waals surface area contributed by atoms with Crippen LogP contribution < -0.4 is 0 Å². The van der Waals surface area contributed by atoms with Crippen LogP contribution in [0.15, 0.2) is 13.6 Å². The second kappa shape index (κ2) is 3.19. The minimum Gasteiger partial charge on any atom is -0.135 e. The van der Waals surface area contributed by atoms with Crippen LogP contribution in [0.2, 0.25) is 0 Å². The molecule has 0 aromatic carbocycles. The summed E-state index contributed by atoms with van der Waals surface area (Å²) in [5.41, 5.74) is 1.61. The van der Waals surface area contributed by atoms with Crippen molar-refractivity contribution in [2.45, 2.75) is 26.2 Å². The Labute approximate surface area is 88.3 Å². The highest BCUT2D eigenvalue weighted by Crippen LogP contribution is 2.39. The van der Waals surface area contributed by atoms with Crippen molar-refractivity contribution in [2.24, 2.45) is 0 Å². The van der Waals surface area contributed by atoms with Crippen LogP contribution in [0.4, 0.5) is 0 Å². The fraction of sp³-hybridized carbons (Fsp3) is 0.500. The van der Waals surface area contributed by atoms with Gasteiger partial charge in [-0.3, -0.25) is 0 Å². The van der Waals surface area contributed by atoms with Gasteiger partial charge in [0.15, 0.2) is 0 Å². The summed E-state index contributed by atoms with van der Waals surface area (Å²) in [6, 6.07) is 0. The van der Waals surface area contributed by atoms with Crippen molar-refractivity contribution in [3.63, 3.8) is 0 Å². The molecular formula is C8H10Br2S. The molecule has 0 saturated carbocycles. The number of rotatable bonds is 0. The van der Waals surface area contributed by atoms with Gasteiger partial charge in [-0.25, -0.2) is 0 Å². The van der Waals surface area contributed by atoms with E-state index in [4.69, 9.17) is 0 Å². The summed E-state index contributed by atoms with van der Waals surface area (Å²) in [7, 11) is 0. The summed E-state index contributed by atoms with van der Waals surface area (Å²) in [4.78, 5) is 0. The first-order valence-corrected chi connectivity index (χ1v) is 5.82.